The van der Waals surface area contributed by atoms with Crippen molar-refractivity contribution in [3.05, 3.63) is 35.9 Å². The molecule has 0 aromatic heterocycles. The van der Waals surface area contributed by atoms with E-state index in [-0.39, 0.29) is 18.6 Å². The van der Waals surface area contributed by atoms with Gasteiger partial charge in [0.05, 0.1) is 6.61 Å². The summed E-state index contributed by atoms with van der Waals surface area (Å²) < 4.78 is 0. The average Bonchev–Trinajstić information content (AvgIpc) is 2.53. The number of amides is 1. The van der Waals surface area contributed by atoms with E-state index in [2.05, 4.69) is 11.9 Å². The second-order valence-corrected chi connectivity index (χ2v) is 5.68. The largest absolute Gasteiger partial charge is 0.395 e. The lowest BCUT2D eigenvalue weighted by atomic mass is 10.0. The molecule has 116 valence electrons. The number of hydrogen-bond donors (Lipinski definition) is 2. The molecule has 1 aliphatic rings. The zero-order valence-electron chi connectivity index (χ0n) is 12.6. The Morgan fingerprint density at radius 2 is 2.00 bits per heavy atom. The molecule has 1 aromatic rings. The van der Waals surface area contributed by atoms with Crippen molar-refractivity contribution in [2.45, 2.75) is 24.9 Å². The fourth-order valence-corrected chi connectivity index (χ4v) is 2.87. The van der Waals surface area contributed by atoms with E-state index in [1.54, 1.807) is 4.90 Å². The molecule has 0 aliphatic carbocycles. The average molecular weight is 291 g/mol. The first-order valence-electron chi connectivity index (χ1n) is 7.54. The molecule has 0 unspecified atom stereocenters. The predicted octanol–water partition coefficient (Wildman–Crippen LogP) is 0.602. The van der Waals surface area contributed by atoms with Crippen LogP contribution in [0.5, 0.6) is 0 Å². The maximum atomic E-state index is 12.7. The smallest absolute Gasteiger partial charge is 0.244 e. The summed E-state index contributed by atoms with van der Waals surface area (Å²) in [6, 6.07) is 8.93. The van der Waals surface area contributed by atoms with Gasteiger partial charge in [-0.2, -0.15) is 0 Å². The first-order valence-corrected chi connectivity index (χ1v) is 7.54. The molecule has 1 fully saturated rings. The number of carbonyl (C=O) groups excluding carboxylic acids is 1. The summed E-state index contributed by atoms with van der Waals surface area (Å²) in [6.45, 7) is 2.27. The molecular formula is C16H25N3O2. The third-order valence-corrected chi connectivity index (χ3v) is 4.18. The molecule has 1 atom stereocenters. The third kappa shape index (κ3) is 4.03. The Hall–Kier alpha value is -1.43. The van der Waals surface area contributed by atoms with Crippen LogP contribution in [0, 0.1) is 0 Å². The van der Waals surface area contributed by atoms with Crippen molar-refractivity contribution in [1.29, 1.82) is 0 Å². The summed E-state index contributed by atoms with van der Waals surface area (Å²) in [6.07, 6.45) is 1.87. The zero-order chi connectivity index (χ0) is 15.2. The van der Waals surface area contributed by atoms with E-state index in [1.807, 2.05) is 30.3 Å². The van der Waals surface area contributed by atoms with Crippen LogP contribution in [-0.2, 0) is 4.79 Å². The lowest BCUT2D eigenvalue weighted by Gasteiger charge is -2.38. The van der Waals surface area contributed by atoms with E-state index in [0.717, 1.165) is 31.5 Å². The molecule has 1 heterocycles. The Bertz CT molecular complexity index is 444. The van der Waals surface area contributed by atoms with Crippen molar-refractivity contribution in [2.75, 3.05) is 33.3 Å². The van der Waals surface area contributed by atoms with Gasteiger partial charge in [-0.1, -0.05) is 30.3 Å². The van der Waals surface area contributed by atoms with Crippen LogP contribution in [0.15, 0.2) is 30.3 Å². The van der Waals surface area contributed by atoms with E-state index < -0.39 is 6.04 Å². The predicted molar refractivity (Wildman–Crippen MR) is 82.7 cm³/mol. The Kier molecular flexibility index (Phi) is 5.73. The monoisotopic (exact) mass is 291 g/mol. The molecular weight excluding hydrogens is 266 g/mol. The van der Waals surface area contributed by atoms with Crippen LogP contribution in [0.4, 0.5) is 0 Å². The van der Waals surface area contributed by atoms with Crippen molar-refractivity contribution in [1.82, 2.24) is 9.80 Å². The summed E-state index contributed by atoms with van der Waals surface area (Å²) in [7, 11) is 2.09. The molecule has 0 radical (unpaired) electrons. The zero-order valence-corrected chi connectivity index (χ0v) is 12.6. The molecule has 1 aromatic carbocycles. The Labute approximate surface area is 126 Å². The van der Waals surface area contributed by atoms with Gasteiger partial charge in [0, 0.05) is 12.6 Å². The van der Waals surface area contributed by atoms with Gasteiger partial charge in [-0.3, -0.25) is 4.79 Å². The van der Waals surface area contributed by atoms with Gasteiger partial charge in [0.1, 0.15) is 6.04 Å². The van der Waals surface area contributed by atoms with Gasteiger partial charge in [-0.05, 0) is 38.5 Å². The second-order valence-electron chi connectivity index (χ2n) is 5.68. The molecule has 3 N–H and O–H groups in total. The Balaban J connectivity index is 2.08. The topological polar surface area (TPSA) is 69.8 Å². The van der Waals surface area contributed by atoms with Gasteiger partial charge in [0.2, 0.25) is 5.91 Å². The summed E-state index contributed by atoms with van der Waals surface area (Å²) in [5.41, 5.74) is 6.94. The molecule has 21 heavy (non-hydrogen) atoms. The summed E-state index contributed by atoms with van der Waals surface area (Å²) in [4.78, 5) is 16.7. The molecule has 5 nitrogen and oxygen atoms in total. The van der Waals surface area contributed by atoms with Crippen molar-refractivity contribution in [3.8, 4) is 0 Å². The highest BCUT2D eigenvalue weighted by atomic mass is 16.3. The van der Waals surface area contributed by atoms with Gasteiger partial charge in [0.25, 0.3) is 0 Å². The van der Waals surface area contributed by atoms with Crippen LogP contribution in [0.3, 0.4) is 0 Å². The van der Waals surface area contributed by atoms with Crippen LogP contribution in [-0.4, -0.2) is 60.1 Å². The minimum atomic E-state index is -0.655. The van der Waals surface area contributed by atoms with Crippen molar-refractivity contribution >= 4 is 5.91 Å². The van der Waals surface area contributed by atoms with Crippen LogP contribution < -0.4 is 5.73 Å². The van der Waals surface area contributed by atoms with Crippen molar-refractivity contribution in [2.24, 2.45) is 5.73 Å². The quantitative estimate of drug-likeness (QED) is 0.833. The van der Waals surface area contributed by atoms with Gasteiger partial charge in [0.15, 0.2) is 0 Å². The number of aliphatic hydroxyl groups is 1. The van der Waals surface area contributed by atoms with Crippen molar-refractivity contribution < 1.29 is 9.90 Å². The van der Waals surface area contributed by atoms with Gasteiger partial charge in [-0.15, -0.1) is 0 Å². The molecule has 1 aliphatic heterocycles. The van der Waals surface area contributed by atoms with E-state index in [0.29, 0.717) is 6.54 Å². The van der Waals surface area contributed by atoms with E-state index >= 15 is 0 Å². The fraction of sp³-hybridized carbons (Fsp3) is 0.562. The molecule has 2 rings (SSSR count). The van der Waals surface area contributed by atoms with Crippen LogP contribution in [0.1, 0.15) is 24.4 Å². The number of nitrogens with two attached hydrogens (primary N) is 1. The van der Waals surface area contributed by atoms with Crippen molar-refractivity contribution in [3.63, 3.8) is 0 Å². The maximum absolute atomic E-state index is 12.7. The lowest BCUT2D eigenvalue weighted by Crippen LogP contribution is -2.50. The van der Waals surface area contributed by atoms with Crippen LogP contribution >= 0.6 is 0 Å². The van der Waals surface area contributed by atoms with E-state index in [9.17, 15) is 9.90 Å². The van der Waals surface area contributed by atoms with Crippen LogP contribution in [0.25, 0.3) is 0 Å². The van der Waals surface area contributed by atoms with Gasteiger partial charge >= 0.3 is 0 Å². The molecule has 0 bridgehead atoms. The number of hydrogen-bond acceptors (Lipinski definition) is 4. The highest BCUT2D eigenvalue weighted by Crippen LogP contribution is 2.20. The molecule has 0 spiro atoms. The SMILES string of the molecule is CN1CCC(N(CCO)C(=O)[C@@H](N)c2ccccc2)CC1. The van der Waals surface area contributed by atoms with E-state index in [1.165, 1.54) is 0 Å². The molecule has 1 saturated heterocycles. The number of likely N-dealkylation sites (tertiary alicyclic amines) is 1. The number of piperidine rings is 1. The number of benzene rings is 1. The summed E-state index contributed by atoms with van der Waals surface area (Å²) >= 11 is 0. The third-order valence-electron chi connectivity index (χ3n) is 4.18. The normalized spacial score (nSPS) is 18.4. The fourth-order valence-electron chi connectivity index (χ4n) is 2.87. The number of carbonyl (C=O) groups is 1. The van der Waals surface area contributed by atoms with Gasteiger partial charge in [-0.25, -0.2) is 0 Å². The Morgan fingerprint density at radius 3 is 2.57 bits per heavy atom. The number of rotatable bonds is 5. The highest BCUT2D eigenvalue weighted by molar-refractivity contribution is 5.83. The van der Waals surface area contributed by atoms with E-state index in [4.69, 9.17) is 5.73 Å². The first-order chi connectivity index (χ1) is 10.1. The summed E-state index contributed by atoms with van der Waals surface area (Å²) in [5, 5.41) is 9.28. The molecule has 0 saturated carbocycles. The first kappa shape index (κ1) is 15.9. The molecule has 5 heteroatoms. The number of aliphatic hydroxyl groups excluding tert-OH is 1. The standard InChI is InChI=1S/C16H25N3O2/c1-18-9-7-14(8-10-18)19(11-12-20)16(21)15(17)13-5-3-2-4-6-13/h2-6,14-15,20H,7-12,17H2,1H3/t15-/m0/s1. The lowest BCUT2D eigenvalue weighted by molar-refractivity contribution is -0.136. The molecule has 1 amide bonds. The second kappa shape index (κ2) is 7.54. The highest BCUT2D eigenvalue weighted by Gasteiger charge is 2.30. The maximum Gasteiger partial charge on any atom is 0.244 e. The van der Waals surface area contributed by atoms with Gasteiger partial charge < -0.3 is 20.6 Å². The number of nitrogens with zero attached hydrogens (tertiary/aromatic N) is 2. The summed E-state index contributed by atoms with van der Waals surface area (Å²) in [5.74, 6) is -0.0928. The van der Waals surface area contributed by atoms with Crippen LogP contribution in [0.2, 0.25) is 0 Å². The minimum Gasteiger partial charge on any atom is -0.395 e. The Morgan fingerprint density at radius 1 is 1.38 bits per heavy atom. The minimum absolute atomic E-state index is 0.0282.